The van der Waals surface area contributed by atoms with Crippen molar-refractivity contribution in [2.75, 3.05) is 14.1 Å². The zero-order valence-electron chi connectivity index (χ0n) is 18.6. The molecule has 1 aromatic heterocycles. The molecule has 0 bridgehead atoms. The van der Waals surface area contributed by atoms with E-state index in [0.717, 1.165) is 11.1 Å². The molecule has 0 aliphatic heterocycles. The van der Waals surface area contributed by atoms with Gasteiger partial charge in [-0.3, -0.25) is 9.78 Å². The maximum atomic E-state index is 14.2. The van der Waals surface area contributed by atoms with Crippen LogP contribution in [0.4, 0.5) is 13.2 Å². The highest BCUT2D eigenvalue weighted by Crippen LogP contribution is 2.67. The quantitative estimate of drug-likeness (QED) is 0.602. The van der Waals surface area contributed by atoms with Gasteiger partial charge in [-0.25, -0.2) is 0 Å². The fourth-order valence-electron chi connectivity index (χ4n) is 4.68. The average molecular weight is 450 g/mol. The van der Waals surface area contributed by atoms with Crippen LogP contribution in [0, 0.1) is 18.3 Å². The molecule has 0 radical (unpaired) electrons. The fraction of sp³-hybridized carbons (Fsp3) is 0.500. The molecule has 0 saturated heterocycles. The standard InChI is InChI=1S/C24H30F3N3O2/c1-15-10-17(14-29-13-15)21(23(8-9-23)24(25,26)27)20(22(28)32)12-18(30(2)3)11-16-4-6-19(31)7-5-16/h4-7,10,13-14,18,20-21,31H,8-9,11-12H2,1-3H3,(H2,28,32)/t18-,20?,21?/m1/s1. The third-order valence-corrected chi connectivity index (χ3v) is 6.64. The number of aromatic hydroxyl groups is 1. The Labute approximate surface area is 186 Å². The van der Waals surface area contributed by atoms with E-state index in [1.807, 2.05) is 19.0 Å². The van der Waals surface area contributed by atoms with E-state index >= 15 is 0 Å². The third kappa shape index (κ3) is 5.06. The summed E-state index contributed by atoms with van der Waals surface area (Å²) in [6, 6.07) is 8.14. The molecule has 1 aliphatic carbocycles. The summed E-state index contributed by atoms with van der Waals surface area (Å²) in [5, 5.41) is 9.53. The van der Waals surface area contributed by atoms with Crippen molar-refractivity contribution < 1.29 is 23.1 Å². The zero-order chi connectivity index (χ0) is 23.7. The number of alkyl halides is 3. The third-order valence-electron chi connectivity index (χ3n) is 6.64. The second-order valence-corrected chi connectivity index (χ2v) is 9.16. The number of nitrogens with two attached hydrogens (primary N) is 1. The number of rotatable bonds is 9. The van der Waals surface area contributed by atoms with Crippen LogP contribution in [0.5, 0.6) is 5.75 Å². The number of primary amides is 1. The summed E-state index contributed by atoms with van der Waals surface area (Å²) >= 11 is 0. The second kappa shape index (κ2) is 9.10. The van der Waals surface area contributed by atoms with Crippen LogP contribution < -0.4 is 5.73 Å². The van der Waals surface area contributed by atoms with Gasteiger partial charge in [-0.05, 0) is 75.5 Å². The second-order valence-electron chi connectivity index (χ2n) is 9.16. The van der Waals surface area contributed by atoms with Crippen LogP contribution in [0.2, 0.25) is 0 Å². The first-order valence-corrected chi connectivity index (χ1v) is 10.7. The van der Waals surface area contributed by atoms with Crippen molar-refractivity contribution in [3.63, 3.8) is 0 Å². The van der Waals surface area contributed by atoms with Crippen LogP contribution >= 0.6 is 0 Å². The van der Waals surface area contributed by atoms with Crippen molar-refractivity contribution in [3.05, 3.63) is 59.4 Å². The number of benzene rings is 1. The Morgan fingerprint density at radius 1 is 1.22 bits per heavy atom. The van der Waals surface area contributed by atoms with Gasteiger partial charge in [-0.2, -0.15) is 13.2 Å². The first kappa shape index (κ1) is 24.0. The van der Waals surface area contributed by atoms with Crippen LogP contribution in [0.15, 0.2) is 42.7 Å². The van der Waals surface area contributed by atoms with Crippen LogP contribution in [0.3, 0.4) is 0 Å². The monoisotopic (exact) mass is 449 g/mol. The van der Waals surface area contributed by atoms with Gasteiger partial charge >= 0.3 is 6.18 Å². The number of carbonyl (C=O) groups excluding carboxylic acids is 1. The van der Waals surface area contributed by atoms with E-state index in [4.69, 9.17) is 5.73 Å². The lowest BCUT2D eigenvalue weighted by molar-refractivity contribution is -0.198. The molecule has 2 aromatic rings. The maximum absolute atomic E-state index is 14.2. The van der Waals surface area contributed by atoms with Gasteiger partial charge < -0.3 is 15.7 Å². The smallest absolute Gasteiger partial charge is 0.395 e. The number of pyridine rings is 1. The molecule has 5 nitrogen and oxygen atoms in total. The van der Waals surface area contributed by atoms with Crippen LogP contribution in [-0.4, -0.2) is 47.2 Å². The molecule has 8 heteroatoms. The summed E-state index contributed by atoms with van der Waals surface area (Å²) in [6.45, 7) is 1.77. The van der Waals surface area contributed by atoms with Crippen LogP contribution in [-0.2, 0) is 11.2 Å². The normalized spacial score (nSPS) is 18.2. The van der Waals surface area contributed by atoms with Gasteiger partial charge in [0.25, 0.3) is 0 Å². The molecule has 1 fully saturated rings. The lowest BCUT2D eigenvalue weighted by Crippen LogP contribution is -2.43. The van der Waals surface area contributed by atoms with Gasteiger partial charge in [0.2, 0.25) is 5.91 Å². The minimum atomic E-state index is -4.44. The van der Waals surface area contributed by atoms with Crippen LogP contribution in [0.1, 0.15) is 41.9 Å². The summed E-state index contributed by atoms with van der Waals surface area (Å²) in [5.74, 6) is -2.69. The van der Waals surface area contributed by atoms with E-state index in [1.165, 1.54) is 6.20 Å². The predicted octanol–water partition coefficient (Wildman–Crippen LogP) is 4.19. The molecule has 1 heterocycles. The lowest BCUT2D eigenvalue weighted by Gasteiger charge is -2.37. The van der Waals surface area contributed by atoms with Crippen molar-refractivity contribution in [2.45, 2.75) is 50.7 Å². The highest BCUT2D eigenvalue weighted by atomic mass is 19.4. The molecule has 3 N–H and O–H groups in total. The van der Waals surface area contributed by atoms with Crippen molar-refractivity contribution in [1.29, 1.82) is 0 Å². The number of halogens is 3. The van der Waals surface area contributed by atoms with E-state index in [9.17, 15) is 23.1 Å². The van der Waals surface area contributed by atoms with Gasteiger partial charge in [-0.15, -0.1) is 0 Å². The number of phenols is 1. The number of carbonyl (C=O) groups is 1. The zero-order valence-corrected chi connectivity index (χ0v) is 18.6. The Hall–Kier alpha value is -2.61. The summed E-state index contributed by atoms with van der Waals surface area (Å²) in [4.78, 5) is 18.6. The van der Waals surface area contributed by atoms with E-state index < -0.39 is 29.3 Å². The molecule has 1 saturated carbocycles. The van der Waals surface area contributed by atoms with Gasteiger partial charge in [0, 0.05) is 30.3 Å². The predicted molar refractivity (Wildman–Crippen MR) is 116 cm³/mol. The van der Waals surface area contributed by atoms with Gasteiger partial charge in [-0.1, -0.05) is 18.2 Å². The number of likely N-dealkylation sites (N-methyl/N-ethyl adjacent to an activating group) is 1. The first-order valence-electron chi connectivity index (χ1n) is 10.7. The fourth-order valence-corrected chi connectivity index (χ4v) is 4.68. The van der Waals surface area contributed by atoms with Crippen molar-refractivity contribution in [3.8, 4) is 5.75 Å². The number of nitrogens with zero attached hydrogens (tertiary/aromatic N) is 2. The van der Waals surface area contributed by atoms with E-state index in [-0.39, 0.29) is 31.1 Å². The lowest BCUT2D eigenvalue weighted by atomic mass is 9.71. The Balaban J connectivity index is 1.99. The number of aromatic nitrogens is 1. The molecular weight excluding hydrogens is 419 g/mol. The Morgan fingerprint density at radius 2 is 1.84 bits per heavy atom. The summed E-state index contributed by atoms with van der Waals surface area (Å²) < 4.78 is 42.7. The molecule has 2 unspecified atom stereocenters. The average Bonchev–Trinajstić information content (AvgIpc) is 3.50. The SMILES string of the molecule is Cc1cncc(C(C(C[C@@H](Cc2ccc(O)cc2)N(C)C)C(N)=O)C2(C(F)(F)F)CC2)c1. The number of aryl methyl sites for hydroxylation is 1. The summed E-state index contributed by atoms with van der Waals surface area (Å²) in [7, 11) is 3.67. The van der Waals surface area contributed by atoms with Gasteiger partial charge in [0.1, 0.15) is 5.75 Å². The molecule has 1 aromatic carbocycles. The number of hydrogen-bond acceptors (Lipinski definition) is 4. The summed E-state index contributed by atoms with van der Waals surface area (Å²) in [6.07, 6.45) is -0.786. The maximum Gasteiger partial charge on any atom is 0.395 e. The first-order chi connectivity index (χ1) is 14.9. The Morgan fingerprint density at radius 3 is 2.31 bits per heavy atom. The van der Waals surface area contributed by atoms with Crippen molar-refractivity contribution >= 4 is 5.91 Å². The topological polar surface area (TPSA) is 79.5 Å². The molecule has 0 spiro atoms. The van der Waals surface area contributed by atoms with E-state index in [2.05, 4.69) is 4.98 Å². The summed E-state index contributed by atoms with van der Waals surface area (Å²) in [5.41, 5.74) is 5.86. The Bertz CT molecular complexity index is 940. The minimum absolute atomic E-state index is 0.0243. The number of phenolic OH excluding ortho intramolecular Hbond substituents is 1. The molecule has 32 heavy (non-hydrogen) atoms. The molecular formula is C24H30F3N3O2. The molecule has 3 atom stereocenters. The number of hydrogen-bond donors (Lipinski definition) is 2. The van der Waals surface area contributed by atoms with E-state index in [0.29, 0.717) is 12.0 Å². The highest BCUT2D eigenvalue weighted by Gasteiger charge is 2.69. The van der Waals surface area contributed by atoms with Crippen molar-refractivity contribution in [1.82, 2.24) is 9.88 Å². The van der Waals surface area contributed by atoms with Gasteiger partial charge in [0.15, 0.2) is 0 Å². The largest absolute Gasteiger partial charge is 0.508 e. The molecule has 3 rings (SSSR count). The van der Waals surface area contributed by atoms with Crippen molar-refractivity contribution in [2.24, 2.45) is 17.1 Å². The highest BCUT2D eigenvalue weighted by molar-refractivity contribution is 5.78. The number of amides is 1. The Kier molecular flexibility index (Phi) is 6.83. The molecule has 174 valence electrons. The minimum Gasteiger partial charge on any atom is -0.508 e. The molecule has 1 amide bonds. The van der Waals surface area contributed by atoms with Crippen LogP contribution in [0.25, 0.3) is 0 Å². The molecule has 1 aliphatic rings. The van der Waals surface area contributed by atoms with E-state index in [1.54, 1.807) is 43.5 Å². The van der Waals surface area contributed by atoms with Gasteiger partial charge in [0.05, 0.1) is 5.41 Å².